The van der Waals surface area contributed by atoms with Crippen molar-refractivity contribution >= 4 is 0 Å². The van der Waals surface area contributed by atoms with Crippen LogP contribution in [0.2, 0.25) is 0 Å². The van der Waals surface area contributed by atoms with Crippen LogP contribution < -0.4 is 5.32 Å². The summed E-state index contributed by atoms with van der Waals surface area (Å²) in [4.78, 5) is 3.95. The smallest absolute Gasteiger partial charge is 0.140 e. The minimum absolute atomic E-state index is 0.322. The van der Waals surface area contributed by atoms with Crippen molar-refractivity contribution in [2.45, 2.75) is 34.2 Å². The Kier molecular flexibility index (Phi) is 4.65. The predicted octanol–water partition coefficient (Wildman–Crippen LogP) is 2.73. The molecule has 0 amide bonds. The molecule has 1 rings (SSSR count). The molecule has 0 aromatic carbocycles. The Labute approximate surface area is 104 Å². The Morgan fingerprint density at radius 2 is 2.18 bits per heavy atom. The molecule has 1 heterocycles. The average molecular weight is 231 g/mol. The van der Waals surface area contributed by atoms with E-state index < -0.39 is 0 Å². The number of nitrogens with zero attached hydrogens (tertiary/aromatic N) is 2. The van der Waals surface area contributed by atoms with Gasteiger partial charge in [-0.15, -0.1) is 0 Å². The maximum atomic E-state index is 8.75. The Hall–Kier alpha value is -1.40. The maximum Gasteiger partial charge on any atom is 0.140 e. The minimum atomic E-state index is 0.322. The summed E-state index contributed by atoms with van der Waals surface area (Å²) in [7, 11) is 0. The van der Waals surface area contributed by atoms with Crippen LogP contribution in [0, 0.1) is 22.7 Å². The summed E-state index contributed by atoms with van der Waals surface area (Å²) in [6.07, 6.45) is 1.68. The van der Waals surface area contributed by atoms with Gasteiger partial charge in [0.05, 0.1) is 0 Å². The highest BCUT2D eigenvalue weighted by molar-refractivity contribution is 5.25. The molecule has 1 atom stereocenters. The lowest BCUT2D eigenvalue weighted by atomic mass is 9.82. The van der Waals surface area contributed by atoms with Crippen molar-refractivity contribution in [3.8, 4) is 6.07 Å². The second-order valence-corrected chi connectivity index (χ2v) is 5.56. The van der Waals surface area contributed by atoms with Crippen molar-refractivity contribution in [1.82, 2.24) is 10.3 Å². The SMILES string of the molecule is CC(CNCc1ccnc(C#N)c1)C(C)(C)C. The average Bonchev–Trinajstić information content (AvgIpc) is 2.28. The van der Waals surface area contributed by atoms with Crippen molar-refractivity contribution in [1.29, 1.82) is 5.26 Å². The van der Waals surface area contributed by atoms with Gasteiger partial charge < -0.3 is 5.32 Å². The molecule has 0 aliphatic rings. The number of rotatable bonds is 4. The molecule has 0 saturated carbocycles. The summed E-state index contributed by atoms with van der Waals surface area (Å²) >= 11 is 0. The molecule has 0 radical (unpaired) electrons. The molecule has 3 nitrogen and oxygen atoms in total. The van der Waals surface area contributed by atoms with Crippen molar-refractivity contribution in [2.24, 2.45) is 11.3 Å². The molecule has 3 heteroatoms. The fourth-order valence-corrected chi connectivity index (χ4v) is 1.38. The number of pyridine rings is 1. The lowest BCUT2D eigenvalue weighted by Gasteiger charge is -2.27. The van der Waals surface area contributed by atoms with Gasteiger partial charge in [0.2, 0.25) is 0 Å². The van der Waals surface area contributed by atoms with Gasteiger partial charge in [-0.25, -0.2) is 4.98 Å². The highest BCUT2D eigenvalue weighted by Crippen LogP contribution is 2.24. The molecule has 17 heavy (non-hydrogen) atoms. The summed E-state index contributed by atoms with van der Waals surface area (Å²) in [6, 6.07) is 5.82. The van der Waals surface area contributed by atoms with E-state index in [0.29, 0.717) is 17.0 Å². The van der Waals surface area contributed by atoms with Gasteiger partial charge in [-0.3, -0.25) is 0 Å². The van der Waals surface area contributed by atoms with Crippen LogP contribution in [0.1, 0.15) is 39.0 Å². The van der Waals surface area contributed by atoms with Crippen LogP contribution >= 0.6 is 0 Å². The third kappa shape index (κ3) is 4.54. The van der Waals surface area contributed by atoms with Gasteiger partial charge in [0.1, 0.15) is 11.8 Å². The van der Waals surface area contributed by atoms with E-state index in [2.05, 4.69) is 44.1 Å². The van der Waals surface area contributed by atoms with E-state index in [4.69, 9.17) is 5.26 Å². The summed E-state index contributed by atoms with van der Waals surface area (Å²) in [5.41, 5.74) is 1.91. The summed E-state index contributed by atoms with van der Waals surface area (Å²) < 4.78 is 0. The van der Waals surface area contributed by atoms with Crippen molar-refractivity contribution in [3.63, 3.8) is 0 Å². The molecule has 1 aromatic rings. The first kappa shape index (κ1) is 13.7. The van der Waals surface area contributed by atoms with Gasteiger partial charge >= 0.3 is 0 Å². The first-order chi connectivity index (χ1) is 7.93. The molecule has 1 unspecified atom stereocenters. The Balaban J connectivity index is 2.44. The van der Waals surface area contributed by atoms with Gasteiger partial charge in [-0.2, -0.15) is 5.26 Å². The van der Waals surface area contributed by atoms with Crippen molar-refractivity contribution < 1.29 is 0 Å². The third-order valence-corrected chi connectivity index (χ3v) is 3.20. The molecule has 0 aliphatic heterocycles. The summed E-state index contributed by atoms with van der Waals surface area (Å²) in [5.74, 6) is 0.611. The van der Waals surface area contributed by atoms with Gasteiger partial charge in [0, 0.05) is 12.7 Å². The van der Waals surface area contributed by atoms with Crippen LogP contribution in [0.15, 0.2) is 18.3 Å². The third-order valence-electron chi connectivity index (χ3n) is 3.20. The van der Waals surface area contributed by atoms with E-state index in [1.54, 1.807) is 6.20 Å². The molecule has 1 N–H and O–H groups in total. The molecular weight excluding hydrogens is 210 g/mol. The van der Waals surface area contributed by atoms with Crippen LogP contribution in [0.3, 0.4) is 0 Å². The molecule has 0 aliphatic carbocycles. The van der Waals surface area contributed by atoms with Crippen molar-refractivity contribution in [2.75, 3.05) is 6.54 Å². The molecule has 0 spiro atoms. The lowest BCUT2D eigenvalue weighted by molar-refractivity contribution is 0.252. The Morgan fingerprint density at radius 3 is 2.76 bits per heavy atom. The molecule has 0 bridgehead atoms. The van der Waals surface area contributed by atoms with Crippen LogP contribution in [-0.4, -0.2) is 11.5 Å². The summed E-state index contributed by atoms with van der Waals surface area (Å²) in [6.45, 7) is 10.8. The number of hydrogen-bond acceptors (Lipinski definition) is 3. The van der Waals surface area contributed by atoms with Gasteiger partial charge in [0.25, 0.3) is 0 Å². The second kappa shape index (κ2) is 5.79. The monoisotopic (exact) mass is 231 g/mol. The second-order valence-electron chi connectivity index (χ2n) is 5.56. The van der Waals surface area contributed by atoms with E-state index in [1.807, 2.05) is 12.1 Å². The van der Waals surface area contributed by atoms with Crippen LogP contribution in [0.4, 0.5) is 0 Å². The molecular formula is C14H21N3. The predicted molar refractivity (Wildman–Crippen MR) is 69.3 cm³/mol. The first-order valence-electron chi connectivity index (χ1n) is 5.99. The minimum Gasteiger partial charge on any atom is -0.312 e. The van der Waals surface area contributed by atoms with Crippen molar-refractivity contribution in [3.05, 3.63) is 29.6 Å². The standard InChI is InChI=1S/C14H21N3/c1-11(14(2,3)4)9-16-10-12-5-6-17-13(7-12)8-15/h5-7,11,16H,9-10H2,1-4H3. The first-order valence-corrected chi connectivity index (χ1v) is 5.99. The van der Waals surface area contributed by atoms with Gasteiger partial charge in [-0.05, 0) is 35.6 Å². The van der Waals surface area contributed by atoms with Crippen LogP contribution in [0.25, 0.3) is 0 Å². The van der Waals surface area contributed by atoms with E-state index in [1.165, 1.54) is 0 Å². The molecule has 0 saturated heterocycles. The number of nitriles is 1. The number of aromatic nitrogens is 1. The Bertz CT molecular complexity index is 399. The molecule has 1 aromatic heterocycles. The number of hydrogen-bond donors (Lipinski definition) is 1. The van der Waals surface area contributed by atoms with E-state index in [0.717, 1.165) is 18.7 Å². The molecule has 0 fully saturated rings. The highest BCUT2D eigenvalue weighted by Gasteiger charge is 2.18. The van der Waals surface area contributed by atoms with Gasteiger partial charge in [0.15, 0.2) is 0 Å². The zero-order valence-corrected chi connectivity index (χ0v) is 11.1. The largest absolute Gasteiger partial charge is 0.312 e. The topological polar surface area (TPSA) is 48.7 Å². The Morgan fingerprint density at radius 1 is 1.47 bits per heavy atom. The normalized spacial score (nSPS) is 13.1. The summed E-state index contributed by atoms with van der Waals surface area (Å²) in [5, 5.41) is 12.2. The lowest BCUT2D eigenvalue weighted by Crippen LogP contribution is -2.29. The fourth-order valence-electron chi connectivity index (χ4n) is 1.38. The van der Waals surface area contributed by atoms with E-state index in [-0.39, 0.29) is 0 Å². The van der Waals surface area contributed by atoms with Crippen LogP contribution in [0.5, 0.6) is 0 Å². The fraction of sp³-hybridized carbons (Fsp3) is 0.571. The highest BCUT2D eigenvalue weighted by atomic mass is 14.9. The quantitative estimate of drug-likeness (QED) is 0.866. The molecule has 92 valence electrons. The van der Waals surface area contributed by atoms with E-state index in [9.17, 15) is 0 Å². The zero-order valence-electron chi connectivity index (χ0n) is 11.1. The zero-order chi connectivity index (χ0) is 12.9. The van der Waals surface area contributed by atoms with Gasteiger partial charge in [-0.1, -0.05) is 27.7 Å². The maximum absolute atomic E-state index is 8.75. The number of nitrogens with one attached hydrogen (secondary N) is 1. The van der Waals surface area contributed by atoms with E-state index >= 15 is 0 Å². The van der Waals surface area contributed by atoms with Crippen LogP contribution in [-0.2, 0) is 6.54 Å².